The summed E-state index contributed by atoms with van der Waals surface area (Å²) in [5.41, 5.74) is -0.526. The third kappa shape index (κ3) is 4.99. The van der Waals surface area contributed by atoms with Crippen molar-refractivity contribution in [2.45, 2.75) is 50.6 Å². The lowest BCUT2D eigenvalue weighted by molar-refractivity contribution is -0.119. The zero-order valence-electron chi connectivity index (χ0n) is 23.6. The molecule has 1 amide bonds. The van der Waals surface area contributed by atoms with Crippen LogP contribution in [-0.2, 0) is 10.2 Å². The zero-order valence-corrected chi connectivity index (χ0v) is 25.1. The third-order valence-electron chi connectivity index (χ3n) is 8.25. The van der Waals surface area contributed by atoms with Crippen molar-refractivity contribution in [3.8, 4) is 0 Å². The van der Waals surface area contributed by atoms with Crippen LogP contribution in [0.1, 0.15) is 54.6 Å². The Morgan fingerprint density at radius 1 is 1.12 bits per heavy atom. The maximum Gasteiger partial charge on any atom is 0.335 e. The van der Waals surface area contributed by atoms with Gasteiger partial charge < -0.3 is 5.11 Å². The van der Waals surface area contributed by atoms with E-state index >= 15 is 8.78 Å². The molecule has 2 aliphatic rings. The Morgan fingerprint density at radius 3 is 2.40 bits per heavy atom. The van der Waals surface area contributed by atoms with Crippen molar-refractivity contribution >= 4 is 47.0 Å². The van der Waals surface area contributed by atoms with E-state index in [1.165, 1.54) is 24.3 Å². The van der Waals surface area contributed by atoms with E-state index in [0.717, 1.165) is 0 Å². The summed E-state index contributed by atoms with van der Waals surface area (Å²) in [5, 5.41) is 9.45. The van der Waals surface area contributed by atoms with Gasteiger partial charge in [0, 0.05) is 41.5 Å². The number of rotatable bonds is 6. The molecule has 10 heteroatoms. The normalized spacial score (nSPS) is 24.5. The maximum atomic E-state index is 16.0. The quantitative estimate of drug-likeness (QED) is 0.299. The molecule has 6 nitrogen and oxygen atoms in total. The number of aromatic carboxylic acids is 1. The zero-order chi connectivity index (χ0) is 30.6. The fourth-order valence-corrected chi connectivity index (χ4v) is 7.02. The lowest BCUT2D eigenvalue weighted by atomic mass is 9.62. The Morgan fingerprint density at radius 2 is 1.81 bits per heavy atom. The number of carbonyl (C=O) groups excluding carboxylic acids is 1. The SMILES string of the molecule is CN=CC1(c2ccc(Cl)cc2F)C(c2cccc(Cl)c2F)C2C(=O)N(c3ccc(C(=O)O)cc3)CN2C1CC(C)(C)C. The molecule has 0 saturated carbocycles. The van der Waals surface area contributed by atoms with E-state index in [4.69, 9.17) is 23.2 Å². The van der Waals surface area contributed by atoms with Crippen molar-refractivity contribution in [3.63, 3.8) is 0 Å². The van der Waals surface area contributed by atoms with Crippen LogP contribution in [0.25, 0.3) is 0 Å². The first-order chi connectivity index (χ1) is 19.8. The van der Waals surface area contributed by atoms with Gasteiger partial charge in [-0.3, -0.25) is 19.6 Å². The average Bonchev–Trinajstić information content (AvgIpc) is 3.37. The van der Waals surface area contributed by atoms with Crippen LogP contribution in [0.4, 0.5) is 14.5 Å². The predicted molar refractivity (Wildman–Crippen MR) is 161 cm³/mol. The molecule has 3 aromatic rings. The molecule has 42 heavy (non-hydrogen) atoms. The van der Waals surface area contributed by atoms with Crippen molar-refractivity contribution < 1.29 is 23.5 Å². The summed E-state index contributed by atoms with van der Waals surface area (Å²) in [4.78, 5) is 33.8. The molecule has 4 unspecified atom stereocenters. The van der Waals surface area contributed by atoms with Gasteiger partial charge in [0.25, 0.3) is 0 Å². The highest BCUT2D eigenvalue weighted by Gasteiger charge is 2.66. The molecule has 0 spiro atoms. The van der Waals surface area contributed by atoms with Crippen LogP contribution in [0.2, 0.25) is 10.0 Å². The first-order valence-corrected chi connectivity index (χ1v) is 14.3. The Labute approximate surface area is 253 Å². The highest BCUT2D eigenvalue weighted by atomic mass is 35.5. The fraction of sp³-hybridized carbons (Fsp3) is 0.344. The van der Waals surface area contributed by atoms with Gasteiger partial charge in [-0.1, -0.05) is 62.2 Å². The molecule has 0 aromatic heterocycles. The van der Waals surface area contributed by atoms with Crippen LogP contribution >= 0.6 is 23.2 Å². The van der Waals surface area contributed by atoms with Crippen molar-refractivity contribution in [1.29, 1.82) is 0 Å². The van der Waals surface area contributed by atoms with Gasteiger partial charge in [-0.2, -0.15) is 0 Å². The number of aliphatic imine (C=N–C) groups is 1. The third-order valence-corrected chi connectivity index (χ3v) is 8.78. The molecular weight excluding hydrogens is 583 g/mol. The number of halogens is 4. The summed E-state index contributed by atoms with van der Waals surface area (Å²) in [6, 6.07) is 13.7. The molecule has 0 bridgehead atoms. The van der Waals surface area contributed by atoms with Gasteiger partial charge in [0.2, 0.25) is 5.91 Å². The molecule has 220 valence electrons. The van der Waals surface area contributed by atoms with Gasteiger partial charge in [0.1, 0.15) is 11.6 Å². The molecule has 4 atom stereocenters. The molecule has 5 rings (SSSR count). The average molecular weight is 615 g/mol. The minimum absolute atomic E-state index is 0.0896. The molecule has 2 heterocycles. The number of fused-ring (bicyclic) bond motifs is 1. The van der Waals surface area contributed by atoms with Gasteiger partial charge in [-0.05, 0) is 59.9 Å². The molecular formula is C32H31Cl2F2N3O3. The second kappa shape index (κ2) is 11.1. The second-order valence-electron chi connectivity index (χ2n) is 12.1. The van der Waals surface area contributed by atoms with Crippen LogP contribution in [0.5, 0.6) is 0 Å². The lowest BCUT2D eigenvalue weighted by Gasteiger charge is -2.42. The van der Waals surface area contributed by atoms with E-state index in [1.807, 2.05) is 4.90 Å². The number of benzene rings is 3. The molecule has 2 aliphatic heterocycles. The molecule has 2 fully saturated rings. The predicted octanol–water partition coefficient (Wildman–Crippen LogP) is 7.19. The standard InChI is InChI=1S/C32H31Cl2F2N3O3/c1-31(2,3)15-25-32(16-37-4,22-13-10-19(33)14-24(22)35)26(21-6-5-7-23(34)27(21)36)28-29(40)38(17-39(25)28)20-11-8-18(9-12-20)30(41)42/h5-14,16,25-26,28H,15,17H2,1-4H3,(H,41,42). The summed E-state index contributed by atoms with van der Waals surface area (Å²) >= 11 is 12.5. The largest absolute Gasteiger partial charge is 0.478 e. The van der Waals surface area contributed by atoms with Crippen molar-refractivity contribution in [1.82, 2.24) is 4.90 Å². The van der Waals surface area contributed by atoms with Crippen molar-refractivity contribution in [2.75, 3.05) is 18.6 Å². The number of carboxylic acids is 1. The van der Waals surface area contributed by atoms with E-state index in [9.17, 15) is 14.7 Å². The summed E-state index contributed by atoms with van der Waals surface area (Å²) in [7, 11) is 1.58. The highest BCUT2D eigenvalue weighted by Crippen LogP contribution is 2.58. The Hall–Kier alpha value is -3.33. The summed E-state index contributed by atoms with van der Waals surface area (Å²) in [6.07, 6.45) is 2.16. The minimum atomic E-state index is -1.28. The molecule has 1 N–H and O–H groups in total. The first kappa shape index (κ1) is 30.1. The van der Waals surface area contributed by atoms with Gasteiger partial charge >= 0.3 is 5.97 Å². The van der Waals surface area contributed by atoms with E-state index in [2.05, 4.69) is 25.8 Å². The number of hydrogen-bond acceptors (Lipinski definition) is 4. The monoisotopic (exact) mass is 613 g/mol. The molecule has 3 aromatic carbocycles. The highest BCUT2D eigenvalue weighted by molar-refractivity contribution is 6.31. The van der Waals surface area contributed by atoms with E-state index in [0.29, 0.717) is 12.1 Å². The van der Waals surface area contributed by atoms with Gasteiger partial charge in [-0.25, -0.2) is 13.6 Å². The van der Waals surface area contributed by atoms with Crippen LogP contribution in [0, 0.1) is 17.0 Å². The fourth-order valence-electron chi connectivity index (χ4n) is 6.68. The Balaban J connectivity index is 1.79. The minimum Gasteiger partial charge on any atom is -0.478 e. The van der Waals surface area contributed by atoms with E-state index < -0.39 is 41.0 Å². The van der Waals surface area contributed by atoms with Crippen molar-refractivity contribution in [2.24, 2.45) is 10.4 Å². The van der Waals surface area contributed by atoms with Crippen LogP contribution in [0.15, 0.2) is 65.7 Å². The first-order valence-electron chi connectivity index (χ1n) is 13.5. The van der Waals surface area contributed by atoms with Gasteiger partial charge in [-0.15, -0.1) is 0 Å². The van der Waals surface area contributed by atoms with E-state index in [-0.39, 0.29) is 44.7 Å². The lowest BCUT2D eigenvalue weighted by Crippen LogP contribution is -2.50. The van der Waals surface area contributed by atoms with Gasteiger partial charge in [0.05, 0.1) is 28.7 Å². The molecule has 2 saturated heterocycles. The Kier molecular flexibility index (Phi) is 7.94. The smallest absolute Gasteiger partial charge is 0.335 e. The number of amides is 1. The number of nitrogens with zero attached hydrogens (tertiary/aromatic N) is 3. The summed E-state index contributed by atoms with van der Waals surface area (Å²) in [6.45, 7) is 6.30. The van der Waals surface area contributed by atoms with Crippen LogP contribution in [-0.4, -0.2) is 53.9 Å². The van der Waals surface area contributed by atoms with Crippen molar-refractivity contribution in [3.05, 3.63) is 99.0 Å². The number of carbonyl (C=O) groups is 2. The molecule has 0 aliphatic carbocycles. The number of hydrogen-bond donors (Lipinski definition) is 1. The summed E-state index contributed by atoms with van der Waals surface area (Å²) in [5.74, 6) is -3.57. The van der Waals surface area contributed by atoms with Crippen LogP contribution in [0.3, 0.4) is 0 Å². The number of anilines is 1. The summed E-state index contributed by atoms with van der Waals surface area (Å²) < 4.78 is 32.1. The second-order valence-corrected chi connectivity index (χ2v) is 12.9. The Bertz CT molecular complexity index is 1570. The van der Waals surface area contributed by atoms with Crippen LogP contribution < -0.4 is 4.90 Å². The molecule has 0 radical (unpaired) electrons. The van der Waals surface area contributed by atoms with E-state index in [1.54, 1.807) is 54.6 Å². The topological polar surface area (TPSA) is 73.2 Å². The van der Waals surface area contributed by atoms with Gasteiger partial charge in [0.15, 0.2) is 0 Å². The number of carboxylic acid groups (broad SMARTS) is 1. The maximum absolute atomic E-state index is 16.0.